The molecular formula is C75H125NO8. The summed E-state index contributed by atoms with van der Waals surface area (Å²) in [7, 11) is 0. The maximum absolute atomic E-state index is 13.1. The van der Waals surface area contributed by atoms with Crippen LogP contribution in [-0.4, -0.2) is 87.5 Å². The van der Waals surface area contributed by atoms with E-state index >= 15 is 0 Å². The summed E-state index contributed by atoms with van der Waals surface area (Å²) in [6.45, 7) is 3.65. The largest absolute Gasteiger partial charge is 0.394 e. The molecule has 1 fully saturated rings. The Balaban J connectivity index is 2.23. The summed E-state index contributed by atoms with van der Waals surface area (Å²) in [6, 6.07) is -0.849. The van der Waals surface area contributed by atoms with E-state index in [9.17, 15) is 30.3 Å². The van der Waals surface area contributed by atoms with E-state index in [1.54, 1.807) is 6.08 Å². The van der Waals surface area contributed by atoms with Crippen molar-refractivity contribution in [3.8, 4) is 0 Å². The van der Waals surface area contributed by atoms with Gasteiger partial charge in [0.1, 0.15) is 24.4 Å². The van der Waals surface area contributed by atoms with Gasteiger partial charge in [0.25, 0.3) is 0 Å². The van der Waals surface area contributed by atoms with Crippen molar-refractivity contribution in [3.05, 3.63) is 146 Å². The van der Waals surface area contributed by atoms with E-state index in [0.717, 1.165) is 109 Å². The highest BCUT2D eigenvalue weighted by Crippen LogP contribution is 2.23. The molecule has 1 heterocycles. The highest BCUT2D eigenvalue weighted by molar-refractivity contribution is 5.76. The molecule has 6 N–H and O–H groups in total. The second kappa shape index (κ2) is 62.1. The molecule has 478 valence electrons. The van der Waals surface area contributed by atoms with Crippen molar-refractivity contribution in [3.63, 3.8) is 0 Å². The van der Waals surface area contributed by atoms with Gasteiger partial charge >= 0.3 is 0 Å². The van der Waals surface area contributed by atoms with Crippen molar-refractivity contribution < 1.29 is 39.8 Å². The van der Waals surface area contributed by atoms with Gasteiger partial charge in [0.15, 0.2) is 6.29 Å². The maximum Gasteiger partial charge on any atom is 0.220 e. The normalized spacial score (nSPS) is 19.2. The van der Waals surface area contributed by atoms with Crippen molar-refractivity contribution in [2.45, 2.75) is 307 Å². The molecule has 0 aromatic carbocycles. The Hall–Kier alpha value is -3.93. The monoisotopic (exact) mass is 1170 g/mol. The molecule has 9 heteroatoms. The van der Waals surface area contributed by atoms with E-state index in [0.29, 0.717) is 12.8 Å². The predicted octanol–water partition coefficient (Wildman–Crippen LogP) is 18.6. The molecule has 1 amide bonds. The highest BCUT2D eigenvalue weighted by atomic mass is 16.7. The number of allylic oxidation sites excluding steroid dienone is 23. The van der Waals surface area contributed by atoms with Crippen LogP contribution >= 0.6 is 0 Å². The first-order valence-electron chi connectivity index (χ1n) is 34.1. The molecule has 7 unspecified atom stereocenters. The molecule has 0 aliphatic carbocycles. The van der Waals surface area contributed by atoms with Gasteiger partial charge in [0.05, 0.1) is 25.4 Å². The zero-order chi connectivity index (χ0) is 60.7. The Labute approximate surface area is 514 Å². The van der Waals surface area contributed by atoms with Gasteiger partial charge in [-0.15, -0.1) is 0 Å². The minimum Gasteiger partial charge on any atom is -0.394 e. The van der Waals surface area contributed by atoms with Crippen LogP contribution in [0.1, 0.15) is 264 Å². The standard InChI is InChI=1S/C75H125NO8/c1-3-5-7-9-11-13-15-17-19-21-23-25-27-29-31-32-33-34-35-36-37-38-39-41-43-45-47-49-51-53-55-57-59-61-63-65-71(79)76-68(67-83-75-74(82)73(81)72(80)70(66-77)84-75)69(78)64-62-60-58-56-54-52-50-48-46-44-42-40-30-28-26-24-22-20-18-16-14-12-10-8-6-4-2/h5,7,11,13,17,19,23,25,29,31,33-34,36-37,39,41,45,47,51,53-54,56,62,64,68-70,72-75,77-78,80-82H,3-4,6,8-10,12,14-16,18,20-22,24,26-28,30,32,35,38,40,42-44,46,48-50,52,55,57-61,63,65-67H2,1-2H3,(H,76,79)/b7-5-,13-11-,19-17-,25-23-,31-29-,34-33-,37-36-,41-39-,47-45-,53-51-,56-54+,64-62+. The summed E-state index contributed by atoms with van der Waals surface area (Å²) in [5.41, 5.74) is 0. The number of aliphatic hydroxyl groups is 5. The second-order valence-electron chi connectivity index (χ2n) is 22.9. The Morgan fingerprint density at radius 2 is 0.750 bits per heavy atom. The zero-order valence-electron chi connectivity index (χ0n) is 53.4. The van der Waals surface area contributed by atoms with Gasteiger partial charge in [-0.25, -0.2) is 0 Å². The number of unbranched alkanes of at least 4 members (excludes halogenated alkanes) is 25. The fourth-order valence-corrected chi connectivity index (χ4v) is 9.85. The average molecular weight is 1170 g/mol. The van der Waals surface area contributed by atoms with Crippen LogP contribution in [0.4, 0.5) is 0 Å². The number of nitrogens with one attached hydrogen (secondary N) is 1. The van der Waals surface area contributed by atoms with Crippen molar-refractivity contribution in [1.29, 1.82) is 0 Å². The summed E-state index contributed by atoms with van der Waals surface area (Å²) in [4.78, 5) is 13.1. The lowest BCUT2D eigenvalue weighted by Gasteiger charge is -2.40. The smallest absolute Gasteiger partial charge is 0.220 e. The molecule has 0 aromatic rings. The van der Waals surface area contributed by atoms with Crippen LogP contribution in [0.2, 0.25) is 0 Å². The number of carbonyl (C=O) groups excluding carboxylic acids is 1. The van der Waals surface area contributed by atoms with E-state index in [4.69, 9.17) is 9.47 Å². The van der Waals surface area contributed by atoms with Crippen LogP contribution in [0.15, 0.2) is 146 Å². The first-order valence-corrected chi connectivity index (χ1v) is 34.1. The van der Waals surface area contributed by atoms with E-state index in [-0.39, 0.29) is 12.5 Å². The topological polar surface area (TPSA) is 149 Å². The molecule has 0 saturated carbocycles. The molecule has 1 saturated heterocycles. The summed E-state index contributed by atoms with van der Waals surface area (Å²) in [5.74, 6) is -0.215. The molecular weight excluding hydrogens is 1040 g/mol. The Morgan fingerprint density at radius 3 is 1.14 bits per heavy atom. The van der Waals surface area contributed by atoms with Gasteiger partial charge in [-0.2, -0.15) is 0 Å². The number of amides is 1. The number of aliphatic hydroxyl groups excluding tert-OH is 5. The van der Waals surface area contributed by atoms with Crippen LogP contribution in [0.3, 0.4) is 0 Å². The van der Waals surface area contributed by atoms with Gasteiger partial charge in [-0.1, -0.05) is 295 Å². The predicted molar refractivity (Wildman–Crippen MR) is 359 cm³/mol. The number of hydrogen-bond donors (Lipinski definition) is 6. The SMILES string of the molecule is CC/C=C\C/C=C\C/C=C\C/C=C\C/C=C\C/C=C\C/C=C\C/C=C\C/C=C\C/C=C\CCCCCCC(=O)NC(COC1OC(CO)C(O)C(O)C1O)C(O)/C=C/CC/C=C/CCCCCCCCCCCCCCCCCCCCCC. The van der Waals surface area contributed by atoms with Crippen molar-refractivity contribution >= 4 is 5.91 Å². The summed E-state index contributed by atoms with van der Waals surface area (Å²) < 4.78 is 11.3. The summed E-state index contributed by atoms with van der Waals surface area (Å²) in [5, 5.41) is 54.7. The minimum absolute atomic E-state index is 0.215. The van der Waals surface area contributed by atoms with Gasteiger partial charge in [0.2, 0.25) is 5.91 Å². The lowest BCUT2D eigenvalue weighted by Crippen LogP contribution is -2.60. The molecule has 0 bridgehead atoms. The van der Waals surface area contributed by atoms with E-state index in [2.05, 4.69) is 153 Å². The molecule has 0 aromatic heterocycles. The Bertz CT molecular complexity index is 1830. The Morgan fingerprint density at radius 1 is 0.417 bits per heavy atom. The van der Waals surface area contributed by atoms with E-state index in [1.807, 2.05) is 6.08 Å². The molecule has 1 rings (SSSR count). The van der Waals surface area contributed by atoms with E-state index in [1.165, 1.54) is 128 Å². The van der Waals surface area contributed by atoms with Crippen LogP contribution in [0.25, 0.3) is 0 Å². The minimum atomic E-state index is -1.59. The summed E-state index contributed by atoms with van der Waals surface area (Å²) >= 11 is 0. The molecule has 0 radical (unpaired) electrons. The van der Waals surface area contributed by atoms with Crippen LogP contribution in [0.5, 0.6) is 0 Å². The molecule has 0 spiro atoms. The lowest BCUT2D eigenvalue weighted by molar-refractivity contribution is -0.302. The number of rotatable bonds is 57. The average Bonchev–Trinajstić information content (AvgIpc) is 3.70. The van der Waals surface area contributed by atoms with E-state index < -0.39 is 49.5 Å². The van der Waals surface area contributed by atoms with Crippen LogP contribution < -0.4 is 5.32 Å². The van der Waals surface area contributed by atoms with Gasteiger partial charge in [0, 0.05) is 6.42 Å². The fourth-order valence-electron chi connectivity index (χ4n) is 9.85. The molecule has 84 heavy (non-hydrogen) atoms. The first kappa shape index (κ1) is 78.1. The zero-order valence-corrected chi connectivity index (χ0v) is 53.4. The second-order valence-corrected chi connectivity index (χ2v) is 22.9. The van der Waals surface area contributed by atoms with Gasteiger partial charge < -0.3 is 40.3 Å². The first-order chi connectivity index (χ1) is 41.3. The van der Waals surface area contributed by atoms with Crippen molar-refractivity contribution in [2.24, 2.45) is 0 Å². The molecule has 7 atom stereocenters. The van der Waals surface area contributed by atoms with Gasteiger partial charge in [-0.05, 0) is 109 Å². The number of ether oxygens (including phenoxy) is 2. The van der Waals surface area contributed by atoms with Crippen LogP contribution in [0, 0.1) is 0 Å². The van der Waals surface area contributed by atoms with Gasteiger partial charge in [-0.3, -0.25) is 4.79 Å². The molecule has 1 aliphatic heterocycles. The quantitative estimate of drug-likeness (QED) is 0.0261. The van der Waals surface area contributed by atoms with Crippen molar-refractivity contribution in [1.82, 2.24) is 5.32 Å². The third kappa shape index (κ3) is 50.2. The number of hydrogen-bond acceptors (Lipinski definition) is 8. The molecule has 9 nitrogen and oxygen atoms in total. The van der Waals surface area contributed by atoms with Crippen molar-refractivity contribution in [2.75, 3.05) is 13.2 Å². The fraction of sp³-hybridized carbons (Fsp3) is 0.667. The third-order valence-corrected chi connectivity index (χ3v) is 15.1. The maximum atomic E-state index is 13.1. The van der Waals surface area contributed by atoms with Crippen LogP contribution in [-0.2, 0) is 14.3 Å². The highest BCUT2D eigenvalue weighted by Gasteiger charge is 2.44. The Kier molecular flexibility index (Phi) is 57.8. The lowest BCUT2D eigenvalue weighted by atomic mass is 9.99. The summed E-state index contributed by atoms with van der Waals surface area (Å²) in [6.07, 6.45) is 89.4. The third-order valence-electron chi connectivity index (χ3n) is 15.1. The molecule has 1 aliphatic rings. The number of carbonyl (C=O) groups is 1.